The number of benzene rings is 2. The van der Waals surface area contributed by atoms with E-state index in [2.05, 4.69) is 10.2 Å². The first-order valence-corrected chi connectivity index (χ1v) is 29.1. The zero-order chi connectivity index (χ0) is 61.8. The molecule has 0 radical (unpaired) electrons. The molecule has 0 unspecified atom stereocenters. The van der Waals surface area contributed by atoms with Gasteiger partial charge >= 0.3 is 5.97 Å². The molecule has 0 bridgehead atoms. The second-order valence-corrected chi connectivity index (χ2v) is 24.8. The van der Waals surface area contributed by atoms with E-state index in [4.69, 9.17) is 40.0 Å². The Bertz CT molecular complexity index is 2330. The number of cyclic esters (lactones) is 1. The van der Waals surface area contributed by atoms with E-state index in [1.54, 1.807) is 55.6 Å². The van der Waals surface area contributed by atoms with Crippen LogP contribution in [0.15, 0.2) is 53.8 Å². The maximum atomic E-state index is 14.1. The lowest BCUT2D eigenvalue weighted by Crippen LogP contribution is -2.61. The molecule has 82 heavy (non-hydrogen) atoms. The van der Waals surface area contributed by atoms with Gasteiger partial charge in [-0.1, -0.05) is 51.4 Å². The number of methoxy groups -OCH3 is 1. The number of aliphatic hydroxyl groups is 6. The zero-order valence-corrected chi connectivity index (χ0v) is 51.6. The fraction of sp³-hybridized carbons (Fsp3) is 0.750. The van der Waals surface area contributed by atoms with E-state index in [-0.39, 0.29) is 43.0 Å². The largest absolute Gasteiger partial charge is 0.459 e. The maximum Gasteiger partial charge on any atom is 0.311 e. The molecule has 20 nitrogen and oxygen atoms in total. The molecule has 18 atom stereocenters. The number of hydrogen-bond donors (Lipinski definition) is 6. The number of ketones is 2. The zero-order valence-electron chi connectivity index (χ0n) is 50.9. The monoisotopic (exact) mass is 1180 g/mol. The molecule has 4 aliphatic rings. The van der Waals surface area contributed by atoms with Gasteiger partial charge in [-0.2, -0.15) is 0 Å². The van der Waals surface area contributed by atoms with Crippen LogP contribution in [-0.2, 0) is 43.6 Å². The van der Waals surface area contributed by atoms with E-state index in [0.717, 1.165) is 31.6 Å². The number of rotatable bonds is 14. The molecular formula is C60H96ClFN4O16. The normalized spacial score (nSPS) is 36.8. The third-order valence-electron chi connectivity index (χ3n) is 17.1. The molecule has 2 aromatic carbocycles. The number of carbonyl (C=O) groups is 3. The molecule has 466 valence electrons. The lowest BCUT2D eigenvalue weighted by molar-refractivity contribution is -0.318. The van der Waals surface area contributed by atoms with Crippen LogP contribution in [0.1, 0.15) is 137 Å². The second-order valence-electron chi connectivity index (χ2n) is 24.3. The van der Waals surface area contributed by atoms with Gasteiger partial charge in [-0.3, -0.25) is 19.4 Å². The number of likely N-dealkylation sites (tertiary alicyclic amines) is 1. The predicted octanol–water partition coefficient (Wildman–Crippen LogP) is 6.44. The molecule has 4 heterocycles. The summed E-state index contributed by atoms with van der Waals surface area (Å²) < 4.78 is 50.0. The van der Waals surface area contributed by atoms with Crippen LogP contribution in [-0.4, -0.2) is 202 Å². The van der Waals surface area contributed by atoms with Crippen molar-refractivity contribution in [1.82, 2.24) is 14.8 Å². The van der Waals surface area contributed by atoms with Crippen LogP contribution in [0.2, 0.25) is 5.02 Å². The van der Waals surface area contributed by atoms with Crippen molar-refractivity contribution in [3.63, 3.8) is 0 Å². The molecule has 4 fully saturated rings. The number of aliphatic hydroxyl groups excluding tert-OH is 3. The lowest BCUT2D eigenvalue weighted by atomic mass is 9.74. The Balaban J connectivity index is 0.000000384. The first-order chi connectivity index (χ1) is 38.2. The molecular weight excluding hydrogens is 1090 g/mol. The van der Waals surface area contributed by atoms with Crippen LogP contribution in [0.3, 0.4) is 0 Å². The Morgan fingerprint density at radius 1 is 0.854 bits per heavy atom. The summed E-state index contributed by atoms with van der Waals surface area (Å²) in [6.45, 7) is 18.7. The Labute approximate surface area is 489 Å². The fourth-order valence-electron chi connectivity index (χ4n) is 11.8. The van der Waals surface area contributed by atoms with E-state index in [9.17, 15) is 54.3 Å². The van der Waals surface area contributed by atoms with E-state index in [0.29, 0.717) is 36.3 Å². The summed E-state index contributed by atoms with van der Waals surface area (Å²) in [7, 11) is 8.33. The van der Waals surface area contributed by atoms with Crippen LogP contribution in [0.5, 0.6) is 0 Å². The molecule has 0 saturated carbocycles. The number of nitrogens with zero attached hydrogens (tertiary/aromatic N) is 4. The van der Waals surface area contributed by atoms with Gasteiger partial charge in [0.05, 0.1) is 58.5 Å². The van der Waals surface area contributed by atoms with Crippen molar-refractivity contribution in [2.75, 3.05) is 54.9 Å². The van der Waals surface area contributed by atoms with E-state index < -0.39 is 113 Å². The van der Waals surface area contributed by atoms with Crippen LogP contribution in [0.25, 0.3) is 0 Å². The summed E-state index contributed by atoms with van der Waals surface area (Å²) in [5.74, 6) is -5.27. The molecule has 4 saturated heterocycles. The van der Waals surface area contributed by atoms with Gasteiger partial charge in [-0.15, -0.1) is 4.91 Å². The number of hydrogen-bond acceptors (Lipinski definition) is 19. The molecule has 6 N–H and O–H groups in total. The average Bonchev–Trinajstić information content (AvgIpc) is 3.51. The topological polar surface area (TPSA) is 267 Å². The summed E-state index contributed by atoms with van der Waals surface area (Å²) in [6, 6.07) is 12.8. The Kier molecular flexibility index (Phi) is 26.5. The van der Waals surface area contributed by atoms with Gasteiger partial charge in [0.2, 0.25) is 0 Å². The summed E-state index contributed by atoms with van der Waals surface area (Å²) in [6.07, 6.45) is -7.17. The number of Topliss-reactive ketones (excluding diaryl/α,β-unsaturated/α-hetero) is 2. The van der Waals surface area contributed by atoms with Crippen LogP contribution >= 0.6 is 11.6 Å². The van der Waals surface area contributed by atoms with Crippen LogP contribution in [0.4, 0.5) is 4.39 Å². The number of ether oxygens (including phenoxy) is 6. The molecule has 0 aromatic heterocycles. The highest BCUT2D eigenvalue weighted by Crippen LogP contribution is 2.41. The van der Waals surface area contributed by atoms with Crippen LogP contribution in [0, 0.1) is 34.4 Å². The maximum absolute atomic E-state index is 14.1. The smallest absolute Gasteiger partial charge is 0.311 e. The van der Waals surface area contributed by atoms with Crippen molar-refractivity contribution in [3.05, 3.63) is 75.4 Å². The van der Waals surface area contributed by atoms with E-state index in [1.165, 1.54) is 57.2 Å². The van der Waals surface area contributed by atoms with Crippen molar-refractivity contribution < 1.29 is 77.8 Å². The van der Waals surface area contributed by atoms with Gasteiger partial charge in [0.1, 0.15) is 35.5 Å². The third kappa shape index (κ3) is 18.4. The summed E-state index contributed by atoms with van der Waals surface area (Å²) in [5, 5.41) is 72.8. The predicted molar refractivity (Wildman–Crippen MR) is 307 cm³/mol. The number of carbonyl (C=O) groups excluding carboxylic acids is 3. The number of halogens is 2. The van der Waals surface area contributed by atoms with Gasteiger partial charge in [-0.05, 0) is 143 Å². The number of esters is 1. The molecule has 6 rings (SSSR count). The Hall–Kier alpha value is -3.65. The molecule has 4 aliphatic heterocycles. The molecule has 2 aromatic rings. The van der Waals surface area contributed by atoms with Crippen molar-refractivity contribution in [1.29, 1.82) is 0 Å². The van der Waals surface area contributed by atoms with Crippen LogP contribution < -0.4 is 0 Å². The van der Waals surface area contributed by atoms with Gasteiger partial charge in [0.15, 0.2) is 18.4 Å². The van der Waals surface area contributed by atoms with Gasteiger partial charge in [0.25, 0.3) is 0 Å². The highest BCUT2D eigenvalue weighted by Gasteiger charge is 2.54. The average molecular weight is 1180 g/mol. The molecule has 22 heteroatoms. The standard InChI is InChI=1S/C37H67NO13.C21H23ClFNO2.C2H6N2O/c1-14-25-37(10,45)30(41)20(4)27(39)18(2)16-35(8,44)32(51-34-28(40)24(38(11)12)15-19(3)47-34)21(5)29(22(6)33(43)49-25)50-26-17-36(9,46-13)31(42)23(7)48-26;22-18-7-5-17(6-8-18)21(26)11-14-24(15-12-21)13-1-2-20(25)16-3-9-19(23)10-4-16;1-4(2)3-5/h18-26,28-32,34,40-42,44-45H,14-17H2,1-13H3;3-10,26H,1-2,11-15H2;1-2H3/t18-,19-,20+,21+,22-,23+,24+,25-,26+,28-,29+,30-,31+,32-,34+,35-,36-,37-;;/m1../s1. The first-order valence-electron chi connectivity index (χ1n) is 28.7. The first kappa shape index (κ1) is 70.8. The van der Waals surface area contributed by atoms with Gasteiger partial charge in [-0.25, -0.2) is 4.39 Å². The summed E-state index contributed by atoms with van der Waals surface area (Å²) in [4.78, 5) is 53.3. The van der Waals surface area contributed by atoms with E-state index >= 15 is 0 Å². The highest BCUT2D eigenvalue weighted by atomic mass is 35.5. The van der Waals surface area contributed by atoms with Gasteiger partial charge in [0, 0.05) is 81.5 Å². The second kappa shape index (κ2) is 30.6. The van der Waals surface area contributed by atoms with Crippen molar-refractivity contribution in [2.24, 2.45) is 29.0 Å². The van der Waals surface area contributed by atoms with E-state index in [1.807, 2.05) is 50.2 Å². The summed E-state index contributed by atoms with van der Waals surface area (Å²) >= 11 is 5.92. The summed E-state index contributed by atoms with van der Waals surface area (Å²) in [5.41, 5.74) is -4.17. The number of likely N-dealkylation sites (N-methyl/N-ethyl adjacent to an activating group) is 1. The Morgan fingerprint density at radius 2 is 1.44 bits per heavy atom. The molecule has 0 spiro atoms. The van der Waals surface area contributed by atoms with Crippen molar-refractivity contribution in [2.45, 2.75) is 210 Å². The highest BCUT2D eigenvalue weighted by molar-refractivity contribution is 6.30. The van der Waals surface area contributed by atoms with Crippen molar-refractivity contribution in [3.8, 4) is 0 Å². The quantitative estimate of drug-likeness (QED) is 0.0514. The van der Waals surface area contributed by atoms with Crippen molar-refractivity contribution >= 4 is 29.1 Å². The fourth-order valence-corrected chi connectivity index (χ4v) is 12.0. The SMILES string of the molecule is CC[C@H]1OC(=O)[C@H](C)[C@@H](O[C@H]2C[C@@](C)(OC)[C@@H](O)[C@H](C)O2)[C@H](C)[C@@H](O[C@@H]2O[C@H](C)C[C@H](N(C)C)[C@H]2O)[C@](C)(O)C[C@@H](C)C(=O)[C@H](C)[C@@H](O)[C@]1(C)O.CN(C)N=O.O=C(CCCN1CCC(O)(c2ccc(Cl)cc2)CC1)c1ccc(F)cc1. The number of nitroso groups, excluding NO2 is 1. The molecule has 0 amide bonds. The number of piperidine rings is 1. The lowest BCUT2D eigenvalue weighted by Gasteiger charge is -2.49. The third-order valence-corrected chi connectivity index (χ3v) is 17.3. The van der Waals surface area contributed by atoms with Gasteiger partial charge < -0.3 is 68.9 Å². The minimum absolute atomic E-state index is 0.0414. The minimum atomic E-state index is -1.99. The minimum Gasteiger partial charge on any atom is -0.459 e. The molecule has 0 aliphatic carbocycles. The Morgan fingerprint density at radius 3 is 1.98 bits per heavy atom.